The van der Waals surface area contributed by atoms with E-state index < -0.39 is 0 Å². The zero-order valence-electron chi connectivity index (χ0n) is 10.2. The average molecular weight is 225 g/mol. The van der Waals surface area contributed by atoms with Gasteiger partial charge in [-0.05, 0) is 38.8 Å². The first-order valence-corrected chi connectivity index (χ1v) is 6.56. The van der Waals surface area contributed by atoms with Crippen LogP contribution in [-0.2, 0) is 4.79 Å². The molecular weight excluding hydrogens is 202 g/mol. The van der Waals surface area contributed by atoms with Crippen LogP contribution < -0.4 is 10.6 Å². The Morgan fingerprint density at radius 3 is 2.81 bits per heavy atom. The van der Waals surface area contributed by atoms with Gasteiger partial charge in [0.1, 0.15) is 0 Å². The Morgan fingerprint density at radius 2 is 2.25 bits per heavy atom. The summed E-state index contributed by atoms with van der Waals surface area (Å²) in [5.41, 5.74) is 0. The van der Waals surface area contributed by atoms with Crippen LogP contribution in [0.3, 0.4) is 0 Å². The van der Waals surface area contributed by atoms with Gasteiger partial charge in [-0.25, -0.2) is 0 Å². The number of nitrogens with zero attached hydrogens (tertiary/aromatic N) is 1. The zero-order valence-corrected chi connectivity index (χ0v) is 10.2. The number of rotatable bonds is 6. The SMILES string of the molecule is CCN(CCNC(=O)C1CCCN1)C1CC1. The van der Waals surface area contributed by atoms with E-state index in [1.165, 1.54) is 12.8 Å². The van der Waals surface area contributed by atoms with Crippen LogP contribution in [-0.4, -0.2) is 49.1 Å². The molecule has 2 rings (SSSR count). The van der Waals surface area contributed by atoms with Crippen molar-refractivity contribution in [2.24, 2.45) is 0 Å². The number of nitrogens with one attached hydrogen (secondary N) is 2. The molecule has 0 radical (unpaired) electrons. The van der Waals surface area contributed by atoms with Gasteiger partial charge in [-0.2, -0.15) is 0 Å². The van der Waals surface area contributed by atoms with Gasteiger partial charge in [-0.15, -0.1) is 0 Å². The largest absolute Gasteiger partial charge is 0.353 e. The summed E-state index contributed by atoms with van der Waals surface area (Å²) in [5, 5.41) is 6.25. The highest BCUT2D eigenvalue weighted by molar-refractivity contribution is 5.81. The fraction of sp³-hybridized carbons (Fsp3) is 0.917. The molecule has 0 aromatic heterocycles. The van der Waals surface area contributed by atoms with E-state index >= 15 is 0 Å². The first kappa shape index (κ1) is 11.9. The Morgan fingerprint density at radius 1 is 1.44 bits per heavy atom. The molecule has 92 valence electrons. The van der Waals surface area contributed by atoms with Crippen LogP contribution >= 0.6 is 0 Å². The summed E-state index contributed by atoms with van der Waals surface area (Å²) in [7, 11) is 0. The molecule has 16 heavy (non-hydrogen) atoms. The predicted molar refractivity (Wildman–Crippen MR) is 64.3 cm³/mol. The van der Waals surface area contributed by atoms with E-state index in [1.54, 1.807) is 0 Å². The molecule has 4 heteroatoms. The first-order valence-electron chi connectivity index (χ1n) is 6.56. The van der Waals surface area contributed by atoms with Crippen molar-refractivity contribution in [3.8, 4) is 0 Å². The smallest absolute Gasteiger partial charge is 0.237 e. The third kappa shape index (κ3) is 3.19. The van der Waals surface area contributed by atoms with Gasteiger partial charge in [0.2, 0.25) is 5.91 Å². The molecule has 1 aliphatic heterocycles. The van der Waals surface area contributed by atoms with Crippen LogP contribution in [0.25, 0.3) is 0 Å². The molecule has 1 aliphatic carbocycles. The molecule has 0 bridgehead atoms. The van der Waals surface area contributed by atoms with Gasteiger partial charge in [-0.1, -0.05) is 6.92 Å². The number of amides is 1. The summed E-state index contributed by atoms with van der Waals surface area (Å²) in [6.45, 7) is 6.07. The van der Waals surface area contributed by atoms with Gasteiger partial charge >= 0.3 is 0 Å². The molecule has 1 heterocycles. The Bertz CT molecular complexity index is 234. The van der Waals surface area contributed by atoms with Crippen LogP contribution in [0, 0.1) is 0 Å². The van der Waals surface area contributed by atoms with E-state index in [9.17, 15) is 4.79 Å². The predicted octanol–water partition coefficient (Wildman–Crippen LogP) is 0.339. The van der Waals surface area contributed by atoms with Crippen molar-refractivity contribution in [1.82, 2.24) is 15.5 Å². The quantitative estimate of drug-likeness (QED) is 0.685. The highest BCUT2D eigenvalue weighted by Crippen LogP contribution is 2.25. The number of likely N-dealkylation sites (N-methyl/N-ethyl adjacent to an activating group) is 1. The molecule has 2 aliphatic rings. The van der Waals surface area contributed by atoms with Crippen LogP contribution in [0.2, 0.25) is 0 Å². The maximum Gasteiger partial charge on any atom is 0.237 e. The average Bonchev–Trinajstić information content (AvgIpc) is 2.97. The summed E-state index contributed by atoms with van der Waals surface area (Å²) < 4.78 is 0. The standard InChI is InChI=1S/C12H23N3O/c1-2-15(10-5-6-10)9-8-14-12(16)11-4-3-7-13-11/h10-11,13H,2-9H2,1H3,(H,14,16). The number of hydrogen-bond donors (Lipinski definition) is 2. The van der Waals surface area contributed by atoms with Gasteiger partial charge in [0.25, 0.3) is 0 Å². The Labute approximate surface area is 97.8 Å². The van der Waals surface area contributed by atoms with Gasteiger partial charge in [0.15, 0.2) is 0 Å². The lowest BCUT2D eigenvalue weighted by Gasteiger charge is -2.20. The van der Waals surface area contributed by atoms with E-state index in [4.69, 9.17) is 0 Å². The van der Waals surface area contributed by atoms with Crippen LogP contribution in [0.4, 0.5) is 0 Å². The van der Waals surface area contributed by atoms with E-state index in [0.29, 0.717) is 0 Å². The second-order valence-corrected chi connectivity index (χ2v) is 4.80. The van der Waals surface area contributed by atoms with E-state index in [0.717, 1.165) is 45.1 Å². The Balaban J connectivity index is 1.60. The Kier molecular flexibility index (Phi) is 4.18. The third-order valence-electron chi connectivity index (χ3n) is 3.54. The maximum atomic E-state index is 11.7. The minimum Gasteiger partial charge on any atom is -0.353 e. The topological polar surface area (TPSA) is 44.4 Å². The first-order chi connectivity index (χ1) is 7.81. The lowest BCUT2D eigenvalue weighted by molar-refractivity contribution is -0.122. The molecule has 4 nitrogen and oxygen atoms in total. The fourth-order valence-electron chi connectivity index (χ4n) is 2.39. The second kappa shape index (κ2) is 5.64. The molecule has 1 saturated heterocycles. The number of hydrogen-bond acceptors (Lipinski definition) is 3. The summed E-state index contributed by atoms with van der Waals surface area (Å²) in [5.74, 6) is 0.185. The van der Waals surface area contributed by atoms with Crippen molar-refractivity contribution in [3.05, 3.63) is 0 Å². The highest BCUT2D eigenvalue weighted by Gasteiger charge is 2.27. The zero-order chi connectivity index (χ0) is 11.4. The van der Waals surface area contributed by atoms with Gasteiger partial charge in [0, 0.05) is 19.1 Å². The summed E-state index contributed by atoms with van der Waals surface area (Å²) >= 11 is 0. The molecule has 0 spiro atoms. The van der Waals surface area contributed by atoms with Gasteiger partial charge < -0.3 is 10.6 Å². The van der Waals surface area contributed by atoms with Gasteiger partial charge in [-0.3, -0.25) is 9.69 Å². The molecule has 0 aromatic rings. The van der Waals surface area contributed by atoms with Crippen molar-refractivity contribution < 1.29 is 4.79 Å². The lowest BCUT2D eigenvalue weighted by Crippen LogP contribution is -2.43. The molecule has 1 saturated carbocycles. The summed E-state index contributed by atoms with van der Waals surface area (Å²) in [6.07, 6.45) is 4.80. The van der Waals surface area contributed by atoms with Gasteiger partial charge in [0.05, 0.1) is 6.04 Å². The van der Waals surface area contributed by atoms with Crippen molar-refractivity contribution in [3.63, 3.8) is 0 Å². The molecule has 1 atom stereocenters. The monoisotopic (exact) mass is 225 g/mol. The number of carbonyl (C=O) groups excluding carboxylic acids is 1. The van der Waals surface area contributed by atoms with Crippen molar-refractivity contribution in [2.45, 2.75) is 44.7 Å². The highest BCUT2D eigenvalue weighted by atomic mass is 16.2. The minimum atomic E-state index is 0.0657. The van der Waals surface area contributed by atoms with Crippen LogP contribution in [0.1, 0.15) is 32.6 Å². The third-order valence-corrected chi connectivity index (χ3v) is 3.54. The summed E-state index contributed by atoms with van der Waals surface area (Å²) in [6, 6.07) is 0.863. The van der Waals surface area contributed by atoms with Crippen LogP contribution in [0.15, 0.2) is 0 Å². The molecule has 0 aromatic carbocycles. The van der Waals surface area contributed by atoms with Crippen molar-refractivity contribution in [1.29, 1.82) is 0 Å². The van der Waals surface area contributed by atoms with Crippen molar-refractivity contribution in [2.75, 3.05) is 26.2 Å². The summed E-state index contributed by atoms with van der Waals surface area (Å²) in [4.78, 5) is 14.2. The van der Waals surface area contributed by atoms with Crippen LogP contribution in [0.5, 0.6) is 0 Å². The Hall–Kier alpha value is -0.610. The fourth-order valence-corrected chi connectivity index (χ4v) is 2.39. The lowest BCUT2D eigenvalue weighted by atomic mass is 10.2. The molecular formula is C12H23N3O. The maximum absolute atomic E-state index is 11.7. The number of carbonyl (C=O) groups is 1. The van der Waals surface area contributed by atoms with E-state index in [1.807, 2.05) is 0 Å². The second-order valence-electron chi connectivity index (χ2n) is 4.80. The molecule has 1 unspecified atom stereocenters. The molecule has 2 fully saturated rings. The van der Waals surface area contributed by atoms with Crippen molar-refractivity contribution >= 4 is 5.91 Å². The molecule has 1 amide bonds. The minimum absolute atomic E-state index is 0.0657. The molecule has 2 N–H and O–H groups in total. The van der Waals surface area contributed by atoms with E-state index in [-0.39, 0.29) is 11.9 Å². The normalized spacial score (nSPS) is 25.0. The van der Waals surface area contributed by atoms with E-state index in [2.05, 4.69) is 22.5 Å².